The average Bonchev–Trinajstić information content (AvgIpc) is 2.94. The minimum absolute atomic E-state index is 0.153. The van der Waals surface area contributed by atoms with E-state index in [1.807, 2.05) is 47.4 Å². The number of aryl methyl sites for hydroxylation is 1. The van der Waals surface area contributed by atoms with Gasteiger partial charge in [0.1, 0.15) is 0 Å². The van der Waals surface area contributed by atoms with Gasteiger partial charge in [0.2, 0.25) is 5.91 Å². The summed E-state index contributed by atoms with van der Waals surface area (Å²) in [6, 6.07) is 17.8. The molecule has 2 heterocycles. The Balaban J connectivity index is 1.41. The zero-order chi connectivity index (χ0) is 18.0. The number of likely N-dealkylation sites (tertiary alicyclic amines) is 1. The minimum atomic E-state index is -0.652. The monoisotopic (exact) mass is 349 g/mol. The molecule has 2 aromatic rings. The molecule has 4 rings (SSSR count). The molecule has 134 valence electrons. The Kier molecular flexibility index (Phi) is 4.49. The molecule has 2 aliphatic heterocycles. The zero-order valence-corrected chi connectivity index (χ0v) is 14.8. The lowest BCUT2D eigenvalue weighted by molar-refractivity contribution is -0.138. The van der Waals surface area contributed by atoms with E-state index in [0.29, 0.717) is 18.5 Å². The second-order valence-corrected chi connectivity index (χ2v) is 7.19. The highest BCUT2D eigenvalue weighted by molar-refractivity contribution is 5.95. The number of benzene rings is 2. The third-order valence-electron chi connectivity index (χ3n) is 5.43. The maximum atomic E-state index is 12.7. The lowest BCUT2D eigenvalue weighted by atomic mass is 9.85. The van der Waals surface area contributed by atoms with Gasteiger partial charge < -0.3 is 9.64 Å². The normalized spacial score (nSPS) is 21.5. The molecule has 1 unspecified atom stereocenters. The number of hydrogen-bond donors (Lipinski definition) is 0. The Morgan fingerprint density at radius 2 is 1.85 bits per heavy atom. The summed E-state index contributed by atoms with van der Waals surface area (Å²) < 4.78 is 5.78. The molecule has 1 spiro atoms. The van der Waals surface area contributed by atoms with Crippen LogP contribution in [0.5, 0.6) is 0 Å². The smallest absolute Gasteiger partial charge is 0.339 e. The lowest BCUT2D eigenvalue weighted by Gasteiger charge is -2.39. The summed E-state index contributed by atoms with van der Waals surface area (Å²) in [5.41, 5.74) is 2.19. The third kappa shape index (κ3) is 3.12. The van der Waals surface area contributed by atoms with Crippen LogP contribution in [0.4, 0.5) is 0 Å². The molecule has 1 amide bonds. The Labute approximate surface area is 153 Å². The van der Waals surface area contributed by atoms with Crippen LogP contribution in [-0.4, -0.2) is 29.9 Å². The van der Waals surface area contributed by atoms with Gasteiger partial charge in [0.25, 0.3) is 0 Å². The molecule has 2 aliphatic rings. The summed E-state index contributed by atoms with van der Waals surface area (Å²) in [5, 5.41) is 0. The fourth-order valence-electron chi connectivity index (χ4n) is 4.13. The van der Waals surface area contributed by atoms with Gasteiger partial charge in [-0.2, -0.15) is 0 Å². The fraction of sp³-hybridized carbons (Fsp3) is 0.364. The predicted octanol–water partition coefficient (Wildman–Crippen LogP) is 3.70. The number of hydrogen-bond acceptors (Lipinski definition) is 3. The quantitative estimate of drug-likeness (QED) is 0.791. The van der Waals surface area contributed by atoms with Crippen LogP contribution in [0.1, 0.15) is 47.2 Å². The number of carbonyl (C=O) groups is 2. The first-order chi connectivity index (χ1) is 12.7. The van der Waals surface area contributed by atoms with Crippen molar-refractivity contribution in [3.63, 3.8) is 0 Å². The molecule has 1 atom stereocenters. The van der Waals surface area contributed by atoms with Gasteiger partial charge in [-0.15, -0.1) is 0 Å². The van der Waals surface area contributed by atoms with Crippen molar-refractivity contribution in [1.29, 1.82) is 0 Å². The van der Waals surface area contributed by atoms with Crippen molar-refractivity contribution >= 4 is 11.9 Å². The molecule has 0 aliphatic carbocycles. The Hall–Kier alpha value is -2.62. The summed E-state index contributed by atoms with van der Waals surface area (Å²) in [4.78, 5) is 26.8. The first-order valence-electron chi connectivity index (χ1n) is 9.32. The Morgan fingerprint density at radius 1 is 1.08 bits per heavy atom. The summed E-state index contributed by atoms with van der Waals surface area (Å²) >= 11 is 0. The second-order valence-electron chi connectivity index (χ2n) is 7.19. The number of carbonyl (C=O) groups excluding carboxylic acids is 2. The largest absolute Gasteiger partial charge is 0.449 e. The number of ether oxygens (including phenoxy) is 1. The molecule has 26 heavy (non-hydrogen) atoms. The molecular weight excluding hydrogens is 326 g/mol. The van der Waals surface area contributed by atoms with Crippen LogP contribution in [0.3, 0.4) is 0 Å². The molecule has 0 N–H and O–H groups in total. The van der Waals surface area contributed by atoms with Crippen molar-refractivity contribution in [3.05, 3.63) is 71.3 Å². The molecule has 2 aromatic carbocycles. The zero-order valence-electron chi connectivity index (χ0n) is 14.8. The van der Waals surface area contributed by atoms with Crippen LogP contribution >= 0.6 is 0 Å². The maximum Gasteiger partial charge on any atom is 0.339 e. The van der Waals surface area contributed by atoms with Gasteiger partial charge in [0.15, 0.2) is 5.60 Å². The SMILES string of the molecule is O=C1OC2(CCCN(C(=O)CCCc3ccccc3)C2)c2ccccc21. The Bertz CT molecular complexity index is 817. The highest BCUT2D eigenvalue weighted by atomic mass is 16.6. The van der Waals surface area contributed by atoms with Crippen molar-refractivity contribution in [2.24, 2.45) is 0 Å². The minimum Gasteiger partial charge on any atom is -0.449 e. The van der Waals surface area contributed by atoms with Gasteiger partial charge in [-0.1, -0.05) is 48.5 Å². The molecule has 0 saturated carbocycles. The maximum absolute atomic E-state index is 12.7. The van der Waals surface area contributed by atoms with Crippen LogP contribution in [0.25, 0.3) is 0 Å². The highest BCUT2D eigenvalue weighted by Gasteiger charge is 2.48. The van der Waals surface area contributed by atoms with Gasteiger partial charge >= 0.3 is 5.97 Å². The first-order valence-corrected chi connectivity index (χ1v) is 9.32. The van der Waals surface area contributed by atoms with Crippen LogP contribution in [0.15, 0.2) is 54.6 Å². The third-order valence-corrected chi connectivity index (χ3v) is 5.43. The van der Waals surface area contributed by atoms with E-state index in [1.165, 1.54) is 5.56 Å². The number of rotatable bonds is 4. The van der Waals surface area contributed by atoms with E-state index in [9.17, 15) is 9.59 Å². The summed E-state index contributed by atoms with van der Waals surface area (Å²) in [5.74, 6) is -0.112. The molecule has 1 fully saturated rings. The van der Waals surface area contributed by atoms with Gasteiger partial charge in [-0.05, 0) is 37.3 Å². The van der Waals surface area contributed by atoms with Crippen LogP contribution < -0.4 is 0 Å². The number of esters is 1. The molecule has 1 saturated heterocycles. The predicted molar refractivity (Wildman–Crippen MR) is 98.7 cm³/mol. The van der Waals surface area contributed by atoms with E-state index >= 15 is 0 Å². The number of nitrogens with zero attached hydrogens (tertiary/aromatic N) is 1. The summed E-state index contributed by atoms with van der Waals surface area (Å²) in [7, 11) is 0. The fourth-order valence-corrected chi connectivity index (χ4v) is 4.13. The summed E-state index contributed by atoms with van der Waals surface area (Å²) in [6.45, 7) is 1.21. The molecule has 0 bridgehead atoms. The standard InChI is InChI=1S/C22H23NO3/c24-20(13-6-10-17-8-2-1-3-9-17)23-15-7-14-22(16-23)19-12-5-4-11-18(19)21(25)26-22/h1-5,8-9,11-12H,6-7,10,13-16H2. The van der Waals surface area contributed by atoms with E-state index < -0.39 is 5.60 Å². The van der Waals surface area contributed by atoms with Gasteiger partial charge in [0.05, 0.1) is 12.1 Å². The van der Waals surface area contributed by atoms with Crippen molar-refractivity contribution in [2.75, 3.05) is 13.1 Å². The highest BCUT2D eigenvalue weighted by Crippen LogP contribution is 2.42. The molecular formula is C22H23NO3. The van der Waals surface area contributed by atoms with E-state index in [0.717, 1.165) is 37.8 Å². The Morgan fingerprint density at radius 3 is 2.69 bits per heavy atom. The van der Waals surface area contributed by atoms with Gasteiger partial charge in [0, 0.05) is 18.5 Å². The van der Waals surface area contributed by atoms with Crippen LogP contribution in [0.2, 0.25) is 0 Å². The first kappa shape index (κ1) is 16.8. The molecule has 0 aromatic heterocycles. The molecule has 0 radical (unpaired) electrons. The average molecular weight is 349 g/mol. The van der Waals surface area contributed by atoms with E-state index in [4.69, 9.17) is 4.74 Å². The van der Waals surface area contributed by atoms with E-state index in [-0.39, 0.29) is 11.9 Å². The van der Waals surface area contributed by atoms with Crippen molar-refractivity contribution in [3.8, 4) is 0 Å². The summed E-state index contributed by atoms with van der Waals surface area (Å²) in [6.07, 6.45) is 3.91. The number of piperidine rings is 1. The topological polar surface area (TPSA) is 46.6 Å². The molecule has 4 nitrogen and oxygen atoms in total. The van der Waals surface area contributed by atoms with E-state index in [1.54, 1.807) is 0 Å². The van der Waals surface area contributed by atoms with Gasteiger partial charge in [-0.3, -0.25) is 4.79 Å². The van der Waals surface area contributed by atoms with Crippen molar-refractivity contribution in [2.45, 2.75) is 37.7 Å². The van der Waals surface area contributed by atoms with Crippen LogP contribution in [0, 0.1) is 0 Å². The van der Waals surface area contributed by atoms with Crippen molar-refractivity contribution in [1.82, 2.24) is 4.90 Å². The van der Waals surface area contributed by atoms with Crippen LogP contribution in [-0.2, 0) is 21.6 Å². The number of fused-ring (bicyclic) bond motifs is 2. The number of amides is 1. The van der Waals surface area contributed by atoms with Crippen molar-refractivity contribution < 1.29 is 14.3 Å². The second kappa shape index (κ2) is 6.94. The molecule has 4 heteroatoms. The lowest BCUT2D eigenvalue weighted by Crippen LogP contribution is -2.48. The van der Waals surface area contributed by atoms with E-state index in [2.05, 4.69) is 12.1 Å². The van der Waals surface area contributed by atoms with Gasteiger partial charge in [-0.25, -0.2) is 4.79 Å².